The van der Waals surface area contributed by atoms with Crippen LogP contribution in [0.25, 0.3) is 0 Å². The second-order valence-electron chi connectivity index (χ2n) is 3.72. The molecular weight excluding hydrogens is 127 g/mol. The van der Waals surface area contributed by atoms with Crippen LogP contribution < -0.4 is 0 Å². The summed E-state index contributed by atoms with van der Waals surface area (Å²) < 4.78 is 0. The Balaban J connectivity index is 2.89. The molecule has 0 fully saturated rings. The van der Waals surface area contributed by atoms with E-state index in [1.54, 1.807) is 0 Å². The zero-order valence-corrected chi connectivity index (χ0v) is 8.53. The predicted molar refractivity (Wildman–Crippen MR) is 53.1 cm³/mol. The summed E-state index contributed by atoms with van der Waals surface area (Å²) in [7, 11) is 0. The first-order chi connectivity index (χ1) is 5.31. The molecule has 0 heterocycles. The van der Waals surface area contributed by atoms with Crippen molar-refractivity contribution in [2.24, 2.45) is 5.92 Å². The van der Waals surface area contributed by atoms with Crippen LogP contribution in [0.5, 0.6) is 0 Å². The van der Waals surface area contributed by atoms with E-state index in [9.17, 15) is 0 Å². The van der Waals surface area contributed by atoms with E-state index in [1.807, 2.05) is 0 Å². The second kappa shape index (κ2) is 8.69. The molecule has 0 aliphatic heterocycles. The summed E-state index contributed by atoms with van der Waals surface area (Å²) in [5.41, 5.74) is 0. The molecule has 0 spiro atoms. The number of unbranched alkanes of at least 4 members (excludes halogenated alkanes) is 4. The van der Waals surface area contributed by atoms with Crippen molar-refractivity contribution < 1.29 is 0 Å². The Morgan fingerprint density at radius 3 is 2.27 bits per heavy atom. The SMILES string of the molecule is [Li][CH2]C(C)CCCCCCC. The fourth-order valence-electron chi connectivity index (χ4n) is 1.30. The van der Waals surface area contributed by atoms with Gasteiger partial charge in [-0.2, -0.15) is 0 Å². The molecule has 0 aromatic carbocycles. The molecule has 0 amide bonds. The molecule has 0 aliphatic rings. The third kappa shape index (κ3) is 8.50. The van der Waals surface area contributed by atoms with E-state index >= 15 is 0 Å². The van der Waals surface area contributed by atoms with Crippen molar-refractivity contribution in [1.82, 2.24) is 0 Å². The van der Waals surface area contributed by atoms with E-state index in [0.717, 1.165) is 5.92 Å². The van der Waals surface area contributed by atoms with Gasteiger partial charge in [0, 0.05) is 0 Å². The Morgan fingerprint density at radius 2 is 1.73 bits per heavy atom. The molecule has 1 atom stereocenters. The van der Waals surface area contributed by atoms with Crippen LogP contribution in [-0.4, -0.2) is 17.7 Å². The van der Waals surface area contributed by atoms with Crippen molar-refractivity contribution in [3.63, 3.8) is 0 Å². The molecule has 1 unspecified atom stereocenters. The number of hydrogen-bond acceptors (Lipinski definition) is 0. The van der Waals surface area contributed by atoms with Crippen LogP contribution in [0.3, 0.4) is 0 Å². The summed E-state index contributed by atoms with van der Waals surface area (Å²) in [6.45, 7) is 4.63. The van der Waals surface area contributed by atoms with Crippen molar-refractivity contribution in [3.05, 3.63) is 0 Å². The topological polar surface area (TPSA) is 0 Å². The molecule has 0 radical (unpaired) electrons. The van der Waals surface area contributed by atoms with Gasteiger partial charge in [0.25, 0.3) is 0 Å². The number of hydrogen-bond donors (Lipinski definition) is 0. The summed E-state index contributed by atoms with van der Waals surface area (Å²) in [6, 6.07) is 0. The third-order valence-electron chi connectivity index (χ3n) is 2.50. The third-order valence-corrected chi connectivity index (χ3v) is 2.50. The van der Waals surface area contributed by atoms with Gasteiger partial charge in [-0.15, -0.1) is 0 Å². The molecule has 0 aromatic rings. The Bertz CT molecular complexity index is 71.3. The first-order valence-electron chi connectivity index (χ1n) is 5.31. The van der Waals surface area contributed by atoms with Crippen LogP contribution in [-0.2, 0) is 0 Å². The van der Waals surface area contributed by atoms with Crippen LogP contribution in [0.15, 0.2) is 0 Å². The van der Waals surface area contributed by atoms with Crippen LogP contribution in [0.4, 0.5) is 0 Å². The van der Waals surface area contributed by atoms with Crippen LogP contribution >= 0.6 is 0 Å². The normalized spacial score (nSPS) is 13.5. The monoisotopic (exact) mass is 148 g/mol. The molecule has 0 saturated carbocycles. The predicted octanol–water partition coefficient (Wildman–Crippen LogP) is 3.57. The van der Waals surface area contributed by atoms with Crippen molar-refractivity contribution >= 4 is 17.7 Å². The van der Waals surface area contributed by atoms with Gasteiger partial charge in [0.2, 0.25) is 0 Å². The Kier molecular flexibility index (Phi) is 9.16. The maximum absolute atomic E-state index is 2.36. The molecule has 11 heavy (non-hydrogen) atoms. The van der Waals surface area contributed by atoms with E-state index in [2.05, 4.69) is 31.6 Å². The molecule has 0 aromatic heterocycles. The first-order valence-corrected chi connectivity index (χ1v) is 5.31. The summed E-state index contributed by atoms with van der Waals surface area (Å²) in [5, 5.41) is 1.35. The molecule has 0 N–H and O–H groups in total. The minimum absolute atomic E-state index is 0.955. The summed E-state index contributed by atoms with van der Waals surface area (Å²) in [5.74, 6) is 0.955. The molecule has 0 nitrogen and oxygen atoms in total. The van der Waals surface area contributed by atoms with Gasteiger partial charge in [0.15, 0.2) is 0 Å². The van der Waals surface area contributed by atoms with Crippen LogP contribution in [0, 0.1) is 5.92 Å². The average molecular weight is 148 g/mol. The Labute approximate surface area is 81.3 Å². The zero-order valence-electron chi connectivity index (χ0n) is 8.53. The van der Waals surface area contributed by atoms with Crippen molar-refractivity contribution in [2.75, 3.05) is 0 Å². The molecule has 1 heteroatoms. The van der Waals surface area contributed by atoms with Gasteiger partial charge in [-0.3, -0.25) is 0 Å². The maximum atomic E-state index is 2.36. The van der Waals surface area contributed by atoms with E-state index in [4.69, 9.17) is 0 Å². The standard InChI is InChI=1S/C10H21.Li/c1-4-5-6-7-8-9-10(2)3;/h10H,2,4-9H2,1,3H3;. The van der Waals surface area contributed by atoms with E-state index in [1.165, 1.54) is 43.6 Å². The fourth-order valence-corrected chi connectivity index (χ4v) is 1.30. The molecular formula is C10H21Li. The summed E-state index contributed by atoms with van der Waals surface area (Å²) in [6.07, 6.45) is 8.60. The van der Waals surface area contributed by atoms with Gasteiger partial charge in [0.05, 0.1) is 0 Å². The average Bonchev–Trinajstić information content (AvgIpc) is 2.04. The van der Waals surface area contributed by atoms with Crippen LogP contribution in [0.2, 0.25) is 5.09 Å². The summed E-state index contributed by atoms with van der Waals surface area (Å²) in [4.78, 5) is 0. The molecule has 0 aliphatic carbocycles. The molecule has 0 rings (SSSR count). The van der Waals surface area contributed by atoms with Crippen molar-refractivity contribution in [3.8, 4) is 0 Å². The van der Waals surface area contributed by atoms with Gasteiger partial charge in [-0.05, 0) is 0 Å². The van der Waals surface area contributed by atoms with Gasteiger partial charge < -0.3 is 0 Å². The fraction of sp³-hybridized carbons (Fsp3) is 1.00. The van der Waals surface area contributed by atoms with Gasteiger partial charge in [-0.25, -0.2) is 0 Å². The van der Waals surface area contributed by atoms with E-state index < -0.39 is 0 Å². The number of rotatable bonds is 7. The van der Waals surface area contributed by atoms with Crippen molar-refractivity contribution in [2.45, 2.75) is 57.5 Å². The van der Waals surface area contributed by atoms with E-state index in [0.29, 0.717) is 0 Å². The van der Waals surface area contributed by atoms with E-state index in [-0.39, 0.29) is 0 Å². The van der Waals surface area contributed by atoms with Gasteiger partial charge >= 0.3 is 81.1 Å². The second-order valence-corrected chi connectivity index (χ2v) is 3.72. The molecule has 0 saturated heterocycles. The Morgan fingerprint density at radius 1 is 1.09 bits per heavy atom. The minimum atomic E-state index is 0.955. The van der Waals surface area contributed by atoms with Gasteiger partial charge in [0.1, 0.15) is 0 Å². The van der Waals surface area contributed by atoms with Crippen molar-refractivity contribution in [1.29, 1.82) is 0 Å². The molecule has 62 valence electrons. The van der Waals surface area contributed by atoms with Gasteiger partial charge in [-0.1, -0.05) is 0 Å². The summed E-state index contributed by atoms with van der Waals surface area (Å²) >= 11 is 2.29. The molecule has 0 bridgehead atoms. The quantitative estimate of drug-likeness (QED) is 0.382. The first kappa shape index (κ1) is 11.6. The zero-order chi connectivity index (χ0) is 8.53. The van der Waals surface area contributed by atoms with Crippen LogP contribution in [0.1, 0.15) is 52.4 Å². The Hall–Kier alpha value is 0.597.